The lowest BCUT2D eigenvalue weighted by atomic mass is 10.7. The van der Waals surface area contributed by atoms with Gasteiger partial charge in [-0.25, -0.2) is 0 Å². The first-order valence-corrected chi connectivity index (χ1v) is 7.34. The highest BCUT2D eigenvalue weighted by Crippen LogP contribution is 1.79. The van der Waals surface area contributed by atoms with E-state index in [0.717, 1.165) is 0 Å². The molecule has 0 aromatic rings. The highest BCUT2D eigenvalue weighted by atomic mass is 16.5. The fourth-order valence-electron chi connectivity index (χ4n) is 1.06. The minimum atomic E-state index is 0.0675. The third-order valence-corrected chi connectivity index (χ3v) is 2.08. The molecule has 8 nitrogen and oxygen atoms in total. The average molecular weight is 328 g/mol. The molecule has 0 fully saturated rings. The fraction of sp³-hybridized carbons (Fsp3) is 1.00. The highest BCUT2D eigenvalue weighted by Gasteiger charge is 1.88. The van der Waals surface area contributed by atoms with Crippen molar-refractivity contribution in [3.8, 4) is 0 Å². The molecule has 0 aromatic heterocycles. The molecule has 0 unspecified atom stereocenters. The van der Waals surface area contributed by atoms with Gasteiger partial charge >= 0.3 is 0 Å². The van der Waals surface area contributed by atoms with Gasteiger partial charge in [0.2, 0.25) is 0 Å². The monoisotopic (exact) mass is 328 g/mol. The third-order valence-electron chi connectivity index (χ3n) is 2.08. The van der Waals surface area contributed by atoms with Gasteiger partial charge < -0.3 is 38.6 Å². The van der Waals surface area contributed by atoms with Crippen molar-refractivity contribution in [2.24, 2.45) is 0 Å². The van der Waals surface area contributed by atoms with E-state index in [0.29, 0.717) is 66.1 Å². The molecule has 0 spiro atoms. The summed E-state index contributed by atoms with van der Waals surface area (Å²) in [5.41, 5.74) is 0. The zero-order valence-corrected chi connectivity index (χ0v) is 13.8. The SMILES string of the molecule is COCCOCCOCCO.COCCOCCOCCO. The molecular formula is C14H32O8. The van der Waals surface area contributed by atoms with E-state index in [-0.39, 0.29) is 13.2 Å². The molecule has 136 valence electrons. The van der Waals surface area contributed by atoms with Crippen LogP contribution in [0.5, 0.6) is 0 Å². The summed E-state index contributed by atoms with van der Waals surface area (Å²) in [6.07, 6.45) is 0. The second-order valence-corrected chi connectivity index (χ2v) is 3.88. The Balaban J connectivity index is 0. The Morgan fingerprint density at radius 3 is 1.00 bits per heavy atom. The normalized spacial score (nSPS) is 10.4. The molecule has 0 aliphatic heterocycles. The zero-order valence-electron chi connectivity index (χ0n) is 13.8. The second-order valence-electron chi connectivity index (χ2n) is 3.88. The Kier molecular flexibility index (Phi) is 27.9. The molecule has 2 N–H and O–H groups in total. The predicted molar refractivity (Wildman–Crippen MR) is 81.2 cm³/mol. The molecule has 0 amide bonds. The first-order chi connectivity index (χ1) is 10.8. The molecular weight excluding hydrogens is 296 g/mol. The highest BCUT2D eigenvalue weighted by molar-refractivity contribution is 4.32. The lowest BCUT2D eigenvalue weighted by molar-refractivity contribution is 0.0159. The quantitative estimate of drug-likeness (QED) is 0.360. The van der Waals surface area contributed by atoms with Crippen LogP contribution >= 0.6 is 0 Å². The number of methoxy groups -OCH3 is 2. The van der Waals surface area contributed by atoms with E-state index in [1.165, 1.54) is 0 Å². The summed E-state index contributed by atoms with van der Waals surface area (Å²) in [6, 6.07) is 0. The van der Waals surface area contributed by atoms with Crippen LogP contribution in [0.2, 0.25) is 0 Å². The first-order valence-electron chi connectivity index (χ1n) is 7.34. The Bertz CT molecular complexity index is 137. The standard InChI is InChI=1S/2C7H16O4/c2*1-9-4-5-11-7-6-10-3-2-8/h2*8H,2-7H2,1H3. The van der Waals surface area contributed by atoms with Gasteiger partial charge in [0.15, 0.2) is 0 Å². The van der Waals surface area contributed by atoms with E-state index in [1.807, 2.05) is 0 Å². The molecule has 0 aliphatic rings. The summed E-state index contributed by atoms with van der Waals surface area (Å²) < 4.78 is 29.6. The molecule has 0 atom stereocenters. The van der Waals surface area contributed by atoms with Gasteiger partial charge in [-0.1, -0.05) is 0 Å². The van der Waals surface area contributed by atoms with Gasteiger partial charge in [0.1, 0.15) is 0 Å². The van der Waals surface area contributed by atoms with Gasteiger partial charge in [-0.3, -0.25) is 0 Å². The van der Waals surface area contributed by atoms with E-state index >= 15 is 0 Å². The summed E-state index contributed by atoms with van der Waals surface area (Å²) in [4.78, 5) is 0. The Labute approximate surface area is 133 Å². The molecule has 0 saturated carbocycles. The number of aliphatic hydroxyl groups excluding tert-OH is 2. The largest absolute Gasteiger partial charge is 0.394 e. The molecule has 0 saturated heterocycles. The van der Waals surface area contributed by atoms with E-state index in [9.17, 15) is 0 Å². The van der Waals surface area contributed by atoms with Crippen LogP contribution in [0.1, 0.15) is 0 Å². The maximum Gasteiger partial charge on any atom is 0.0701 e. The minimum Gasteiger partial charge on any atom is -0.394 e. The third kappa shape index (κ3) is 27.9. The predicted octanol–water partition coefficient (Wildman–Crippen LogP) is -0.683. The maximum atomic E-state index is 8.32. The first kappa shape index (κ1) is 23.9. The fourth-order valence-corrected chi connectivity index (χ4v) is 1.06. The van der Waals surface area contributed by atoms with Gasteiger partial charge in [-0.15, -0.1) is 0 Å². The summed E-state index contributed by atoms with van der Waals surface area (Å²) in [5.74, 6) is 0. The lowest BCUT2D eigenvalue weighted by Gasteiger charge is -2.03. The van der Waals surface area contributed by atoms with Crippen LogP contribution < -0.4 is 0 Å². The van der Waals surface area contributed by atoms with Gasteiger partial charge in [0, 0.05) is 14.2 Å². The Hall–Kier alpha value is -0.320. The van der Waals surface area contributed by atoms with Crippen molar-refractivity contribution in [1.29, 1.82) is 0 Å². The van der Waals surface area contributed by atoms with Crippen LogP contribution in [0.4, 0.5) is 0 Å². The molecule has 0 bridgehead atoms. The summed E-state index contributed by atoms with van der Waals surface area (Å²) >= 11 is 0. The number of hydrogen-bond donors (Lipinski definition) is 2. The van der Waals surface area contributed by atoms with Crippen molar-refractivity contribution in [2.75, 3.05) is 93.5 Å². The lowest BCUT2D eigenvalue weighted by Crippen LogP contribution is -2.09. The number of hydrogen-bond acceptors (Lipinski definition) is 8. The van der Waals surface area contributed by atoms with Crippen LogP contribution in [0, 0.1) is 0 Å². The van der Waals surface area contributed by atoms with Crippen molar-refractivity contribution in [3.05, 3.63) is 0 Å². The van der Waals surface area contributed by atoms with Gasteiger partial charge in [-0.2, -0.15) is 0 Å². The van der Waals surface area contributed by atoms with Gasteiger partial charge in [-0.05, 0) is 0 Å². The number of rotatable bonds is 16. The maximum absolute atomic E-state index is 8.32. The molecule has 0 aromatic carbocycles. The van der Waals surface area contributed by atoms with Crippen molar-refractivity contribution >= 4 is 0 Å². The van der Waals surface area contributed by atoms with Crippen molar-refractivity contribution in [3.63, 3.8) is 0 Å². The molecule has 0 aliphatic carbocycles. The van der Waals surface area contributed by atoms with E-state index in [4.69, 9.17) is 38.6 Å². The topological polar surface area (TPSA) is 95.8 Å². The molecule has 22 heavy (non-hydrogen) atoms. The zero-order chi connectivity index (χ0) is 16.7. The van der Waals surface area contributed by atoms with E-state index in [1.54, 1.807) is 14.2 Å². The molecule has 0 radical (unpaired) electrons. The Morgan fingerprint density at radius 2 is 0.727 bits per heavy atom. The molecule has 0 rings (SSSR count). The average Bonchev–Trinajstić information content (AvgIpc) is 2.54. The van der Waals surface area contributed by atoms with E-state index in [2.05, 4.69) is 0 Å². The van der Waals surface area contributed by atoms with Crippen molar-refractivity contribution < 1.29 is 38.6 Å². The molecule has 0 heterocycles. The molecule has 8 heteroatoms. The van der Waals surface area contributed by atoms with E-state index < -0.39 is 0 Å². The van der Waals surface area contributed by atoms with Gasteiger partial charge in [0.05, 0.1) is 79.3 Å². The van der Waals surface area contributed by atoms with Gasteiger partial charge in [0.25, 0.3) is 0 Å². The van der Waals surface area contributed by atoms with Crippen LogP contribution in [-0.2, 0) is 28.4 Å². The van der Waals surface area contributed by atoms with Crippen LogP contribution in [0.25, 0.3) is 0 Å². The van der Waals surface area contributed by atoms with Crippen LogP contribution in [-0.4, -0.2) is 104 Å². The summed E-state index contributed by atoms with van der Waals surface area (Å²) in [6.45, 7) is 5.50. The van der Waals surface area contributed by atoms with Crippen LogP contribution in [0.3, 0.4) is 0 Å². The number of aliphatic hydroxyl groups is 2. The van der Waals surface area contributed by atoms with Crippen molar-refractivity contribution in [2.45, 2.75) is 0 Å². The van der Waals surface area contributed by atoms with Crippen molar-refractivity contribution in [1.82, 2.24) is 0 Å². The van der Waals surface area contributed by atoms with Crippen LogP contribution in [0.15, 0.2) is 0 Å². The number of ether oxygens (including phenoxy) is 6. The Morgan fingerprint density at radius 1 is 0.455 bits per heavy atom. The smallest absolute Gasteiger partial charge is 0.0701 e. The second kappa shape index (κ2) is 25.6. The summed E-state index contributed by atoms with van der Waals surface area (Å²) in [7, 11) is 3.26. The summed E-state index contributed by atoms with van der Waals surface area (Å²) in [5, 5.41) is 16.6. The minimum absolute atomic E-state index is 0.0675.